The highest BCUT2D eigenvalue weighted by Crippen LogP contribution is 2.34. The van der Waals surface area contributed by atoms with Gasteiger partial charge in [0, 0.05) is 24.6 Å². The number of rotatable bonds is 10. The van der Waals surface area contributed by atoms with Gasteiger partial charge in [-0.15, -0.1) is 0 Å². The molecule has 2 aromatic rings. The van der Waals surface area contributed by atoms with E-state index in [2.05, 4.69) is 9.97 Å². The van der Waals surface area contributed by atoms with Gasteiger partial charge in [-0.25, -0.2) is 27.1 Å². The van der Waals surface area contributed by atoms with Gasteiger partial charge >= 0.3 is 5.97 Å². The number of nitrogens with zero attached hydrogens (tertiary/aromatic N) is 3. The Balaban J connectivity index is 2.03. The third-order valence-electron chi connectivity index (χ3n) is 6.57. The highest BCUT2D eigenvalue weighted by molar-refractivity contribution is 7.92. The summed E-state index contributed by atoms with van der Waals surface area (Å²) in [6.07, 6.45) is 5.09. The number of carbonyl (C=O) groups excluding carboxylic acids is 1. The van der Waals surface area contributed by atoms with E-state index in [0.29, 0.717) is 28.9 Å². The molecule has 3 atom stereocenters. The van der Waals surface area contributed by atoms with Gasteiger partial charge < -0.3 is 14.2 Å². The molecule has 9 nitrogen and oxygen atoms in total. The summed E-state index contributed by atoms with van der Waals surface area (Å²) < 4.78 is 56.9. The fourth-order valence-corrected chi connectivity index (χ4v) is 4.71. The Labute approximate surface area is 236 Å². The topological polar surface area (TPSA) is 108 Å². The average Bonchev–Trinajstić information content (AvgIpc) is 2.85. The number of anilines is 1. The monoisotopic (exact) mass is 577 g/mol. The lowest BCUT2D eigenvalue weighted by atomic mass is 9.97. The second-order valence-electron chi connectivity index (χ2n) is 10.9. The summed E-state index contributed by atoms with van der Waals surface area (Å²) in [7, 11) is -2.23. The number of esters is 1. The molecule has 0 spiro atoms. The first-order valence-electron chi connectivity index (χ1n) is 13.4. The lowest BCUT2D eigenvalue weighted by Crippen LogP contribution is -2.44. The molecule has 220 valence electrons. The molecule has 0 saturated carbocycles. The lowest BCUT2D eigenvalue weighted by molar-refractivity contribution is -0.290. The number of halogens is 1. The molecule has 3 unspecified atom stereocenters. The van der Waals surface area contributed by atoms with Crippen LogP contribution in [0.1, 0.15) is 78.0 Å². The predicted molar refractivity (Wildman–Crippen MR) is 153 cm³/mol. The van der Waals surface area contributed by atoms with Crippen molar-refractivity contribution in [3.63, 3.8) is 0 Å². The van der Waals surface area contributed by atoms with E-state index in [-0.39, 0.29) is 30.4 Å². The normalized spacial score (nSPS) is 20.1. The maximum Gasteiger partial charge on any atom is 0.308 e. The molecular formula is C29H40FN3O6S. The van der Waals surface area contributed by atoms with Gasteiger partial charge in [-0.1, -0.05) is 32.9 Å². The van der Waals surface area contributed by atoms with Gasteiger partial charge in [0.1, 0.15) is 5.82 Å². The summed E-state index contributed by atoms with van der Waals surface area (Å²) in [6, 6.07) is 5.84. The summed E-state index contributed by atoms with van der Waals surface area (Å²) >= 11 is 0. The van der Waals surface area contributed by atoms with Crippen molar-refractivity contribution in [2.24, 2.45) is 0 Å². The van der Waals surface area contributed by atoms with Crippen LogP contribution in [0, 0.1) is 5.82 Å². The molecule has 0 bridgehead atoms. The largest absolute Gasteiger partial charge is 0.463 e. The minimum absolute atomic E-state index is 0.0195. The highest BCUT2D eigenvalue weighted by atomic mass is 32.2. The molecule has 0 radical (unpaired) electrons. The van der Waals surface area contributed by atoms with Crippen molar-refractivity contribution in [3.8, 4) is 11.3 Å². The van der Waals surface area contributed by atoms with Crippen molar-refractivity contribution in [2.45, 2.75) is 90.8 Å². The van der Waals surface area contributed by atoms with Gasteiger partial charge in [-0.2, -0.15) is 0 Å². The van der Waals surface area contributed by atoms with Crippen LogP contribution in [0.3, 0.4) is 0 Å². The number of benzene rings is 1. The maximum absolute atomic E-state index is 13.8. The van der Waals surface area contributed by atoms with Gasteiger partial charge in [0.25, 0.3) is 0 Å². The SMILES string of the molecule is CCC(C)OC(=O)CC1CC(C=Cc2c(-c3ccc(F)cc3)nc(N(C)S(C)(=O)=O)nc2C(C)C)OC(C)(C)O1. The Morgan fingerprint density at radius 2 is 1.85 bits per heavy atom. The molecule has 1 aromatic carbocycles. The average molecular weight is 578 g/mol. The Kier molecular flexibility index (Phi) is 10.1. The maximum atomic E-state index is 13.8. The minimum atomic E-state index is -3.63. The van der Waals surface area contributed by atoms with Crippen molar-refractivity contribution in [2.75, 3.05) is 17.6 Å². The van der Waals surface area contributed by atoms with E-state index >= 15 is 0 Å². The van der Waals surface area contributed by atoms with Crippen LogP contribution in [0.15, 0.2) is 30.3 Å². The molecule has 11 heteroatoms. The summed E-state index contributed by atoms with van der Waals surface area (Å²) in [5.41, 5.74) is 2.34. The molecule has 1 aliphatic heterocycles. The standard InChI is InChI=1S/C29H40FN3O6S/c1-9-19(4)37-25(34)17-23-16-22(38-29(5,6)39-23)14-15-24-26(18(2)3)31-28(33(7)40(8,35)36)32-27(24)20-10-12-21(30)13-11-20/h10-15,18-19,22-23H,9,16-17H2,1-8H3. The molecule has 0 N–H and O–H groups in total. The number of ether oxygens (including phenoxy) is 3. The molecule has 3 rings (SSSR count). The van der Waals surface area contributed by atoms with Crippen LogP contribution in [0.4, 0.5) is 10.3 Å². The first-order valence-corrected chi connectivity index (χ1v) is 15.3. The van der Waals surface area contributed by atoms with Crippen LogP contribution in [-0.4, -0.2) is 61.8 Å². The number of aromatic nitrogens is 2. The van der Waals surface area contributed by atoms with Crippen LogP contribution < -0.4 is 4.31 Å². The van der Waals surface area contributed by atoms with E-state index in [0.717, 1.165) is 17.0 Å². The van der Waals surface area contributed by atoms with E-state index in [1.54, 1.807) is 26.0 Å². The zero-order valence-electron chi connectivity index (χ0n) is 24.5. The zero-order chi connectivity index (χ0) is 29.8. The van der Waals surface area contributed by atoms with Crippen molar-refractivity contribution >= 4 is 28.0 Å². The molecule has 2 heterocycles. The summed E-state index contributed by atoms with van der Waals surface area (Å²) in [5.74, 6) is -1.73. The summed E-state index contributed by atoms with van der Waals surface area (Å²) in [5, 5.41) is 0. The van der Waals surface area contributed by atoms with Crippen LogP contribution in [0.5, 0.6) is 0 Å². The van der Waals surface area contributed by atoms with Gasteiger partial charge in [-0.3, -0.25) is 4.79 Å². The van der Waals surface area contributed by atoms with Crippen LogP contribution in [-0.2, 0) is 29.0 Å². The first-order chi connectivity index (χ1) is 18.6. The fraction of sp³-hybridized carbons (Fsp3) is 0.552. The highest BCUT2D eigenvalue weighted by Gasteiger charge is 2.36. The van der Waals surface area contributed by atoms with E-state index in [9.17, 15) is 17.6 Å². The van der Waals surface area contributed by atoms with Crippen molar-refractivity contribution in [1.29, 1.82) is 0 Å². The predicted octanol–water partition coefficient (Wildman–Crippen LogP) is 5.46. The second kappa shape index (κ2) is 12.7. The second-order valence-corrected chi connectivity index (χ2v) is 12.9. The smallest absolute Gasteiger partial charge is 0.308 e. The van der Waals surface area contributed by atoms with Crippen molar-refractivity contribution in [1.82, 2.24) is 9.97 Å². The van der Waals surface area contributed by atoms with E-state index in [4.69, 9.17) is 14.2 Å². The van der Waals surface area contributed by atoms with Gasteiger partial charge in [-0.05, 0) is 57.4 Å². The number of carbonyl (C=O) groups is 1. The van der Waals surface area contributed by atoms with E-state index < -0.39 is 33.8 Å². The molecule has 1 fully saturated rings. The molecule has 1 aromatic heterocycles. The quantitative estimate of drug-likeness (QED) is 0.343. The molecule has 40 heavy (non-hydrogen) atoms. The molecule has 1 saturated heterocycles. The minimum Gasteiger partial charge on any atom is -0.463 e. The number of sulfonamides is 1. The third-order valence-corrected chi connectivity index (χ3v) is 7.73. The third kappa shape index (κ3) is 8.31. The van der Waals surface area contributed by atoms with Gasteiger partial charge in [0.15, 0.2) is 5.79 Å². The van der Waals surface area contributed by atoms with E-state index in [1.165, 1.54) is 19.2 Å². The zero-order valence-corrected chi connectivity index (χ0v) is 25.3. The van der Waals surface area contributed by atoms with E-state index in [1.807, 2.05) is 39.8 Å². The Hall–Kier alpha value is -2.89. The van der Waals surface area contributed by atoms with Gasteiger partial charge in [0.2, 0.25) is 16.0 Å². The van der Waals surface area contributed by atoms with Gasteiger partial charge in [0.05, 0.1) is 42.4 Å². The number of hydrogen-bond donors (Lipinski definition) is 0. The molecule has 1 aliphatic rings. The molecule has 0 amide bonds. The Bertz CT molecular complexity index is 1330. The molecular weight excluding hydrogens is 537 g/mol. The molecule has 0 aliphatic carbocycles. The first kappa shape index (κ1) is 31.6. The fourth-order valence-electron chi connectivity index (χ4n) is 4.33. The lowest BCUT2D eigenvalue weighted by Gasteiger charge is -2.39. The number of hydrogen-bond acceptors (Lipinski definition) is 8. The van der Waals surface area contributed by atoms with Crippen LogP contribution >= 0.6 is 0 Å². The Morgan fingerprint density at radius 3 is 2.42 bits per heavy atom. The van der Waals surface area contributed by atoms with Crippen LogP contribution in [0.2, 0.25) is 0 Å². The summed E-state index contributed by atoms with van der Waals surface area (Å²) in [4.78, 5) is 21.6. The Morgan fingerprint density at radius 1 is 1.20 bits per heavy atom. The summed E-state index contributed by atoms with van der Waals surface area (Å²) in [6.45, 7) is 11.3. The van der Waals surface area contributed by atoms with Crippen molar-refractivity contribution in [3.05, 3.63) is 47.4 Å². The van der Waals surface area contributed by atoms with Crippen LogP contribution in [0.25, 0.3) is 17.3 Å². The van der Waals surface area contributed by atoms with Crippen molar-refractivity contribution < 1.29 is 31.8 Å².